The molecule has 1 unspecified atom stereocenters. The second-order valence-electron chi connectivity index (χ2n) is 4.07. The molecule has 1 saturated heterocycles. The molecule has 1 N–H and O–H groups in total. The summed E-state index contributed by atoms with van der Waals surface area (Å²) in [5, 5.41) is 18.1. The Morgan fingerprint density at radius 3 is 2.75 bits per heavy atom. The molecule has 12 heavy (non-hydrogen) atoms. The van der Waals surface area contributed by atoms with Crippen LogP contribution in [0.1, 0.15) is 19.3 Å². The summed E-state index contributed by atoms with van der Waals surface area (Å²) in [7, 11) is 0. The second-order valence-corrected chi connectivity index (χ2v) is 4.07. The molecule has 1 aliphatic heterocycles. The van der Waals surface area contributed by atoms with Gasteiger partial charge in [0.25, 0.3) is 0 Å². The van der Waals surface area contributed by atoms with E-state index in [-0.39, 0.29) is 11.5 Å². The van der Waals surface area contributed by atoms with Crippen molar-refractivity contribution in [1.82, 2.24) is 4.90 Å². The van der Waals surface area contributed by atoms with E-state index in [4.69, 9.17) is 5.26 Å². The summed E-state index contributed by atoms with van der Waals surface area (Å²) >= 11 is 0. The van der Waals surface area contributed by atoms with Crippen LogP contribution in [0.4, 0.5) is 0 Å². The minimum Gasteiger partial charge on any atom is -0.392 e. The molecule has 1 heterocycles. The molecule has 3 nitrogen and oxygen atoms in total. The van der Waals surface area contributed by atoms with Crippen molar-refractivity contribution in [2.45, 2.75) is 25.4 Å². The van der Waals surface area contributed by atoms with Crippen LogP contribution in [0.5, 0.6) is 0 Å². The summed E-state index contributed by atoms with van der Waals surface area (Å²) in [6.45, 7) is 2.61. The quantitative estimate of drug-likeness (QED) is 0.644. The number of aliphatic hydroxyl groups excluding tert-OH is 1. The molecule has 1 aliphatic carbocycles. The van der Waals surface area contributed by atoms with Crippen molar-refractivity contribution in [3.63, 3.8) is 0 Å². The van der Waals surface area contributed by atoms with E-state index in [0.29, 0.717) is 0 Å². The minimum atomic E-state index is -0.153. The van der Waals surface area contributed by atoms with Crippen molar-refractivity contribution in [2.75, 3.05) is 19.6 Å². The van der Waals surface area contributed by atoms with Gasteiger partial charge >= 0.3 is 0 Å². The molecule has 0 aromatic heterocycles. The van der Waals surface area contributed by atoms with Gasteiger partial charge in [-0.05, 0) is 19.3 Å². The Labute approximate surface area is 72.6 Å². The van der Waals surface area contributed by atoms with Gasteiger partial charge in [0.1, 0.15) is 0 Å². The van der Waals surface area contributed by atoms with Crippen LogP contribution in [0.15, 0.2) is 0 Å². The molecule has 0 radical (unpaired) electrons. The maximum absolute atomic E-state index is 9.26. The molecule has 2 rings (SSSR count). The number of hydrogen-bond acceptors (Lipinski definition) is 3. The van der Waals surface area contributed by atoms with Crippen molar-refractivity contribution in [1.29, 1.82) is 5.26 Å². The van der Waals surface area contributed by atoms with E-state index in [9.17, 15) is 5.11 Å². The molecule has 66 valence electrons. The van der Waals surface area contributed by atoms with Gasteiger partial charge < -0.3 is 5.11 Å². The summed E-state index contributed by atoms with van der Waals surface area (Å²) in [5.41, 5.74) is -0.0376. The van der Waals surface area contributed by atoms with Gasteiger partial charge in [0.05, 0.1) is 17.6 Å². The highest BCUT2D eigenvalue weighted by molar-refractivity contribution is 5.11. The first-order valence-electron chi connectivity index (χ1n) is 4.56. The predicted molar refractivity (Wildman–Crippen MR) is 44.3 cm³/mol. The standard InChI is InChI=1S/C9H14N2O/c10-6-9(2-3-9)7-11-4-1-8(12)5-11/h8,12H,1-5,7H2. The first-order valence-corrected chi connectivity index (χ1v) is 4.56. The fraction of sp³-hybridized carbons (Fsp3) is 0.889. The van der Waals surface area contributed by atoms with Crippen LogP contribution in [0, 0.1) is 16.7 Å². The maximum atomic E-state index is 9.26. The molecule has 0 bridgehead atoms. The lowest BCUT2D eigenvalue weighted by Gasteiger charge is -2.17. The highest BCUT2D eigenvalue weighted by Gasteiger charge is 2.45. The minimum absolute atomic E-state index is 0.0376. The maximum Gasteiger partial charge on any atom is 0.0703 e. The number of β-amino-alcohol motifs (C(OH)–C–C–N with tert-alkyl or cyclic N) is 1. The topological polar surface area (TPSA) is 47.3 Å². The van der Waals surface area contributed by atoms with Crippen LogP contribution < -0.4 is 0 Å². The normalized spacial score (nSPS) is 33.2. The molecular formula is C9H14N2O. The third-order valence-corrected chi connectivity index (χ3v) is 2.86. The summed E-state index contributed by atoms with van der Waals surface area (Å²) in [5.74, 6) is 0. The molecule has 1 saturated carbocycles. The van der Waals surface area contributed by atoms with Crippen LogP contribution in [0.25, 0.3) is 0 Å². The van der Waals surface area contributed by atoms with Gasteiger partial charge in [-0.3, -0.25) is 4.90 Å². The van der Waals surface area contributed by atoms with Crippen LogP contribution in [0.2, 0.25) is 0 Å². The molecule has 2 fully saturated rings. The van der Waals surface area contributed by atoms with Gasteiger partial charge in [-0.2, -0.15) is 5.26 Å². The highest BCUT2D eigenvalue weighted by atomic mass is 16.3. The predicted octanol–water partition coefficient (Wildman–Crippen LogP) is 0.357. The Morgan fingerprint density at radius 1 is 1.58 bits per heavy atom. The molecule has 2 aliphatic rings. The number of hydrogen-bond donors (Lipinski definition) is 1. The zero-order chi connectivity index (χ0) is 8.60. The number of aliphatic hydroxyl groups is 1. The third kappa shape index (κ3) is 1.45. The van der Waals surface area contributed by atoms with E-state index in [2.05, 4.69) is 11.0 Å². The lowest BCUT2D eigenvalue weighted by atomic mass is 10.1. The Hall–Kier alpha value is -0.590. The summed E-state index contributed by atoms with van der Waals surface area (Å²) < 4.78 is 0. The third-order valence-electron chi connectivity index (χ3n) is 2.86. The Balaban J connectivity index is 1.85. The smallest absolute Gasteiger partial charge is 0.0703 e. The average molecular weight is 166 g/mol. The second kappa shape index (κ2) is 2.72. The van der Waals surface area contributed by atoms with E-state index >= 15 is 0 Å². The highest BCUT2D eigenvalue weighted by Crippen LogP contribution is 2.45. The molecule has 0 aromatic rings. The first-order chi connectivity index (χ1) is 5.74. The van der Waals surface area contributed by atoms with Crippen molar-refractivity contribution < 1.29 is 5.11 Å². The Kier molecular flexibility index (Phi) is 1.82. The van der Waals surface area contributed by atoms with E-state index < -0.39 is 0 Å². The molecule has 3 heteroatoms. The lowest BCUT2D eigenvalue weighted by molar-refractivity contribution is 0.172. The van der Waals surface area contributed by atoms with Crippen molar-refractivity contribution >= 4 is 0 Å². The largest absolute Gasteiger partial charge is 0.392 e. The summed E-state index contributed by atoms with van der Waals surface area (Å²) in [4.78, 5) is 2.21. The van der Waals surface area contributed by atoms with E-state index in [0.717, 1.165) is 38.9 Å². The molecule has 0 amide bonds. The number of nitrogens with zero attached hydrogens (tertiary/aromatic N) is 2. The van der Waals surface area contributed by atoms with Gasteiger partial charge in [0.2, 0.25) is 0 Å². The number of rotatable bonds is 2. The van der Waals surface area contributed by atoms with E-state index in [1.165, 1.54) is 0 Å². The molecule has 1 atom stereocenters. The molecule has 0 aromatic carbocycles. The van der Waals surface area contributed by atoms with Gasteiger partial charge in [-0.1, -0.05) is 0 Å². The van der Waals surface area contributed by atoms with Crippen molar-refractivity contribution in [3.05, 3.63) is 0 Å². The monoisotopic (exact) mass is 166 g/mol. The first kappa shape index (κ1) is 8.03. The number of nitriles is 1. The van der Waals surface area contributed by atoms with Gasteiger partial charge in [0.15, 0.2) is 0 Å². The van der Waals surface area contributed by atoms with Crippen LogP contribution in [-0.4, -0.2) is 35.7 Å². The van der Waals surface area contributed by atoms with Crippen LogP contribution >= 0.6 is 0 Å². The molecule has 0 spiro atoms. The van der Waals surface area contributed by atoms with Gasteiger partial charge in [-0.15, -0.1) is 0 Å². The zero-order valence-corrected chi connectivity index (χ0v) is 7.16. The fourth-order valence-corrected chi connectivity index (χ4v) is 1.84. The van der Waals surface area contributed by atoms with Crippen LogP contribution in [-0.2, 0) is 0 Å². The Morgan fingerprint density at radius 2 is 2.33 bits per heavy atom. The van der Waals surface area contributed by atoms with Gasteiger partial charge in [-0.25, -0.2) is 0 Å². The van der Waals surface area contributed by atoms with Crippen LogP contribution in [0.3, 0.4) is 0 Å². The summed E-state index contributed by atoms with van der Waals surface area (Å²) in [6, 6.07) is 2.37. The lowest BCUT2D eigenvalue weighted by Crippen LogP contribution is -2.28. The van der Waals surface area contributed by atoms with Crippen molar-refractivity contribution in [3.8, 4) is 6.07 Å². The summed E-state index contributed by atoms with van der Waals surface area (Å²) in [6.07, 6.45) is 2.83. The fourth-order valence-electron chi connectivity index (χ4n) is 1.84. The van der Waals surface area contributed by atoms with Crippen molar-refractivity contribution in [2.24, 2.45) is 5.41 Å². The van der Waals surface area contributed by atoms with E-state index in [1.54, 1.807) is 0 Å². The zero-order valence-electron chi connectivity index (χ0n) is 7.16. The Bertz CT molecular complexity index is 217. The average Bonchev–Trinajstić information content (AvgIpc) is 2.71. The molecular weight excluding hydrogens is 152 g/mol. The SMILES string of the molecule is N#CC1(CN2CCC(O)C2)CC1. The van der Waals surface area contributed by atoms with Gasteiger partial charge in [0, 0.05) is 19.6 Å². The van der Waals surface area contributed by atoms with E-state index in [1.807, 2.05) is 0 Å². The number of likely N-dealkylation sites (tertiary alicyclic amines) is 1.